The second-order valence-corrected chi connectivity index (χ2v) is 4.00. The highest BCUT2D eigenvalue weighted by Gasteiger charge is 2.09. The van der Waals surface area contributed by atoms with E-state index in [1.807, 2.05) is 30.5 Å². The van der Waals surface area contributed by atoms with Crippen molar-refractivity contribution in [2.45, 2.75) is 12.8 Å². The standard InChI is InChI=1S/C13H17N3O/c14-7-1-2-8-16-13(17)11-5-3-4-10-6-9-15-12(10)11/h3-6,9,15H,1-2,7-8,14H2,(H,16,17). The van der Waals surface area contributed by atoms with Crippen molar-refractivity contribution in [3.63, 3.8) is 0 Å². The van der Waals surface area contributed by atoms with Crippen molar-refractivity contribution >= 4 is 16.8 Å². The summed E-state index contributed by atoms with van der Waals surface area (Å²) in [7, 11) is 0. The van der Waals surface area contributed by atoms with Gasteiger partial charge in [0.15, 0.2) is 0 Å². The molecule has 0 spiro atoms. The minimum atomic E-state index is -0.0323. The van der Waals surface area contributed by atoms with Gasteiger partial charge in [-0.15, -0.1) is 0 Å². The molecule has 90 valence electrons. The number of carbonyl (C=O) groups excluding carboxylic acids is 1. The SMILES string of the molecule is NCCCCNC(=O)c1cccc2cc[nH]c12. The van der Waals surface area contributed by atoms with Crippen molar-refractivity contribution in [3.05, 3.63) is 36.0 Å². The lowest BCUT2D eigenvalue weighted by atomic mass is 10.1. The number of unbranched alkanes of at least 4 members (excludes halogenated alkanes) is 1. The number of nitrogens with one attached hydrogen (secondary N) is 2. The number of H-pyrrole nitrogens is 1. The molecule has 0 bridgehead atoms. The molecule has 4 heteroatoms. The number of nitrogens with two attached hydrogens (primary N) is 1. The molecule has 0 aliphatic heterocycles. The average Bonchev–Trinajstić information content (AvgIpc) is 2.82. The lowest BCUT2D eigenvalue weighted by Crippen LogP contribution is -2.25. The minimum Gasteiger partial charge on any atom is -0.361 e. The number of rotatable bonds is 5. The zero-order valence-corrected chi connectivity index (χ0v) is 9.70. The van der Waals surface area contributed by atoms with Crippen LogP contribution in [0.3, 0.4) is 0 Å². The van der Waals surface area contributed by atoms with Gasteiger partial charge < -0.3 is 16.0 Å². The topological polar surface area (TPSA) is 70.9 Å². The number of hydrogen-bond acceptors (Lipinski definition) is 2. The first-order valence-electron chi connectivity index (χ1n) is 5.87. The van der Waals surface area contributed by atoms with Crippen LogP contribution in [0.25, 0.3) is 10.9 Å². The van der Waals surface area contributed by atoms with E-state index in [9.17, 15) is 4.79 Å². The number of fused-ring (bicyclic) bond motifs is 1. The minimum absolute atomic E-state index is 0.0323. The third-order valence-corrected chi connectivity index (χ3v) is 2.75. The quantitative estimate of drug-likeness (QED) is 0.684. The van der Waals surface area contributed by atoms with Gasteiger partial charge in [-0.1, -0.05) is 12.1 Å². The monoisotopic (exact) mass is 231 g/mol. The Morgan fingerprint density at radius 3 is 3.00 bits per heavy atom. The first kappa shape index (κ1) is 11.7. The molecule has 4 nitrogen and oxygen atoms in total. The molecule has 0 radical (unpaired) electrons. The summed E-state index contributed by atoms with van der Waals surface area (Å²) in [5, 5.41) is 3.96. The van der Waals surface area contributed by atoms with Crippen LogP contribution in [-0.2, 0) is 0 Å². The molecule has 0 saturated heterocycles. The van der Waals surface area contributed by atoms with E-state index in [2.05, 4.69) is 10.3 Å². The maximum absolute atomic E-state index is 12.0. The Kier molecular flexibility index (Phi) is 3.77. The maximum Gasteiger partial charge on any atom is 0.253 e. The Hall–Kier alpha value is -1.81. The van der Waals surface area contributed by atoms with Gasteiger partial charge in [-0.2, -0.15) is 0 Å². The summed E-state index contributed by atoms with van der Waals surface area (Å²) in [4.78, 5) is 15.0. The zero-order valence-electron chi connectivity index (χ0n) is 9.70. The molecule has 1 amide bonds. The summed E-state index contributed by atoms with van der Waals surface area (Å²) < 4.78 is 0. The summed E-state index contributed by atoms with van der Waals surface area (Å²) in [5.41, 5.74) is 6.99. The summed E-state index contributed by atoms with van der Waals surface area (Å²) in [5.74, 6) is -0.0323. The number of hydrogen-bond donors (Lipinski definition) is 3. The van der Waals surface area contributed by atoms with Gasteiger partial charge in [0.25, 0.3) is 5.91 Å². The largest absolute Gasteiger partial charge is 0.361 e. The maximum atomic E-state index is 12.0. The van der Waals surface area contributed by atoms with Crippen molar-refractivity contribution in [3.8, 4) is 0 Å². The van der Waals surface area contributed by atoms with Crippen molar-refractivity contribution < 1.29 is 4.79 Å². The van der Waals surface area contributed by atoms with Gasteiger partial charge >= 0.3 is 0 Å². The molecular formula is C13H17N3O. The highest BCUT2D eigenvalue weighted by Crippen LogP contribution is 2.16. The fourth-order valence-corrected chi connectivity index (χ4v) is 1.84. The summed E-state index contributed by atoms with van der Waals surface area (Å²) in [6.07, 6.45) is 3.70. The third kappa shape index (κ3) is 2.65. The van der Waals surface area contributed by atoms with Crippen molar-refractivity contribution in [2.24, 2.45) is 5.73 Å². The van der Waals surface area contributed by atoms with E-state index >= 15 is 0 Å². The molecule has 1 heterocycles. The number of benzene rings is 1. The Balaban J connectivity index is 2.06. The summed E-state index contributed by atoms with van der Waals surface area (Å²) in [6.45, 7) is 1.34. The summed E-state index contributed by atoms with van der Waals surface area (Å²) >= 11 is 0. The van der Waals surface area contributed by atoms with E-state index in [0.29, 0.717) is 18.7 Å². The summed E-state index contributed by atoms with van der Waals surface area (Å²) in [6, 6.07) is 7.67. The Bertz CT molecular complexity index is 504. The van der Waals surface area contributed by atoms with Gasteiger partial charge in [0.2, 0.25) is 0 Å². The van der Waals surface area contributed by atoms with Crippen LogP contribution < -0.4 is 11.1 Å². The molecule has 1 aromatic carbocycles. The zero-order chi connectivity index (χ0) is 12.1. The smallest absolute Gasteiger partial charge is 0.253 e. The Labute approximate surface area is 100 Å². The van der Waals surface area contributed by atoms with Crippen LogP contribution in [0.2, 0.25) is 0 Å². The van der Waals surface area contributed by atoms with Gasteiger partial charge in [0.05, 0.1) is 11.1 Å². The van der Waals surface area contributed by atoms with Gasteiger partial charge in [-0.25, -0.2) is 0 Å². The number of aromatic amines is 1. The first-order chi connectivity index (χ1) is 8.33. The van der Waals surface area contributed by atoms with Crippen LogP contribution in [0.15, 0.2) is 30.5 Å². The first-order valence-corrected chi connectivity index (χ1v) is 5.87. The fourth-order valence-electron chi connectivity index (χ4n) is 1.84. The molecule has 0 unspecified atom stereocenters. The van der Waals surface area contributed by atoms with Crippen molar-refractivity contribution in [1.82, 2.24) is 10.3 Å². The van der Waals surface area contributed by atoms with Gasteiger partial charge in [0, 0.05) is 18.1 Å². The number of carbonyl (C=O) groups is 1. The molecule has 2 aromatic rings. The predicted molar refractivity (Wildman–Crippen MR) is 68.9 cm³/mol. The van der Waals surface area contributed by atoms with Crippen LogP contribution >= 0.6 is 0 Å². The van der Waals surface area contributed by atoms with E-state index in [4.69, 9.17) is 5.73 Å². The van der Waals surface area contributed by atoms with E-state index in [-0.39, 0.29) is 5.91 Å². The molecule has 0 atom stereocenters. The molecule has 0 fully saturated rings. The molecule has 4 N–H and O–H groups in total. The number of amides is 1. The normalized spacial score (nSPS) is 10.6. The lowest BCUT2D eigenvalue weighted by Gasteiger charge is -2.05. The van der Waals surface area contributed by atoms with Crippen LogP contribution in [-0.4, -0.2) is 24.0 Å². The Morgan fingerprint density at radius 1 is 1.29 bits per heavy atom. The second-order valence-electron chi connectivity index (χ2n) is 4.00. The molecule has 0 aliphatic rings. The Morgan fingerprint density at radius 2 is 2.18 bits per heavy atom. The molecule has 1 aromatic heterocycles. The third-order valence-electron chi connectivity index (χ3n) is 2.75. The van der Waals surface area contributed by atoms with E-state index < -0.39 is 0 Å². The van der Waals surface area contributed by atoms with E-state index in [1.54, 1.807) is 0 Å². The van der Waals surface area contributed by atoms with Crippen LogP contribution in [0, 0.1) is 0 Å². The van der Waals surface area contributed by atoms with Crippen molar-refractivity contribution in [1.29, 1.82) is 0 Å². The molecule has 2 rings (SSSR count). The van der Waals surface area contributed by atoms with E-state index in [0.717, 1.165) is 23.7 Å². The molecule has 0 saturated carbocycles. The van der Waals surface area contributed by atoms with E-state index in [1.165, 1.54) is 0 Å². The number of para-hydroxylation sites is 1. The van der Waals surface area contributed by atoms with Gasteiger partial charge in [-0.3, -0.25) is 4.79 Å². The molecule has 17 heavy (non-hydrogen) atoms. The highest BCUT2D eigenvalue weighted by atomic mass is 16.1. The van der Waals surface area contributed by atoms with Crippen molar-refractivity contribution in [2.75, 3.05) is 13.1 Å². The lowest BCUT2D eigenvalue weighted by molar-refractivity contribution is 0.0954. The average molecular weight is 231 g/mol. The van der Waals surface area contributed by atoms with Crippen LogP contribution in [0.4, 0.5) is 0 Å². The van der Waals surface area contributed by atoms with Gasteiger partial charge in [-0.05, 0) is 31.5 Å². The van der Waals surface area contributed by atoms with Crippen LogP contribution in [0.1, 0.15) is 23.2 Å². The second kappa shape index (κ2) is 5.50. The molecule has 0 aliphatic carbocycles. The van der Waals surface area contributed by atoms with Gasteiger partial charge in [0.1, 0.15) is 0 Å². The highest BCUT2D eigenvalue weighted by molar-refractivity contribution is 6.05. The van der Waals surface area contributed by atoms with Crippen LogP contribution in [0.5, 0.6) is 0 Å². The number of aromatic nitrogens is 1. The molecular weight excluding hydrogens is 214 g/mol. The predicted octanol–water partition coefficient (Wildman–Crippen LogP) is 1.64. The fraction of sp³-hybridized carbons (Fsp3) is 0.308.